The standard InChI is InChI=1S/C25H33N3O3/c1-25(2,3)31-24(30)27-15-13-19(14-16-27)17-23(29)28(18-20-9-5-4-6-10-20)22-12-8-7-11-21(22)26/h4-12,19H,13-18,26H2,1-3H3. The molecule has 0 radical (unpaired) electrons. The number of nitrogens with zero attached hydrogens (tertiary/aromatic N) is 2. The molecule has 1 heterocycles. The van der Waals surface area contributed by atoms with E-state index in [0.29, 0.717) is 31.7 Å². The maximum absolute atomic E-state index is 13.3. The monoisotopic (exact) mass is 423 g/mol. The lowest BCUT2D eigenvalue weighted by atomic mass is 9.93. The summed E-state index contributed by atoms with van der Waals surface area (Å²) in [7, 11) is 0. The molecule has 2 aromatic rings. The Kier molecular flexibility index (Phi) is 7.21. The molecule has 6 nitrogen and oxygen atoms in total. The van der Waals surface area contributed by atoms with Gasteiger partial charge in [-0.2, -0.15) is 0 Å². The Labute approximate surface area is 185 Å². The van der Waals surface area contributed by atoms with E-state index in [1.54, 1.807) is 9.80 Å². The largest absolute Gasteiger partial charge is 0.444 e. The molecule has 166 valence electrons. The number of amides is 2. The van der Waals surface area contributed by atoms with Crippen molar-refractivity contribution >= 4 is 23.4 Å². The summed E-state index contributed by atoms with van der Waals surface area (Å²) < 4.78 is 5.47. The number of rotatable bonds is 5. The zero-order valence-corrected chi connectivity index (χ0v) is 18.7. The molecule has 0 aromatic heterocycles. The van der Waals surface area contributed by atoms with E-state index in [4.69, 9.17) is 10.5 Å². The van der Waals surface area contributed by atoms with E-state index in [-0.39, 0.29) is 17.9 Å². The maximum atomic E-state index is 13.3. The second kappa shape index (κ2) is 9.86. The van der Waals surface area contributed by atoms with Gasteiger partial charge in [0.2, 0.25) is 5.91 Å². The van der Waals surface area contributed by atoms with Gasteiger partial charge in [-0.15, -0.1) is 0 Å². The molecule has 0 unspecified atom stereocenters. The number of hydrogen-bond acceptors (Lipinski definition) is 4. The van der Waals surface area contributed by atoms with Crippen molar-refractivity contribution < 1.29 is 14.3 Å². The van der Waals surface area contributed by atoms with Crippen LogP contribution in [0.4, 0.5) is 16.2 Å². The van der Waals surface area contributed by atoms with Crippen LogP contribution < -0.4 is 10.6 Å². The fourth-order valence-electron chi connectivity index (χ4n) is 3.81. The minimum absolute atomic E-state index is 0.0532. The van der Waals surface area contributed by atoms with Crippen molar-refractivity contribution in [1.29, 1.82) is 0 Å². The number of para-hydroxylation sites is 2. The highest BCUT2D eigenvalue weighted by Crippen LogP contribution is 2.28. The van der Waals surface area contributed by atoms with Crippen molar-refractivity contribution in [3.63, 3.8) is 0 Å². The number of ether oxygens (including phenoxy) is 1. The zero-order valence-electron chi connectivity index (χ0n) is 18.7. The van der Waals surface area contributed by atoms with E-state index in [2.05, 4.69) is 0 Å². The predicted octanol–water partition coefficient (Wildman–Crippen LogP) is 4.84. The predicted molar refractivity (Wildman–Crippen MR) is 124 cm³/mol. The quantitative estimate of drug-likeness (QED) is 0.698. The number of anilines is 2. The lowest BCUT2D eigenvalue weighted by Gasteiger charge is -2.34. The molecule has 31 heavy (non-hydrogen) atoms. The first-order valence-corrected chi connectivity index (χ1v) is 10.9. The van der Waals surface area contributed by atoms with Crippen LogP contribution in [-0.4, -0.2) is 35.6 Å². The van der Waals surface area contributed by atoms with Crippen LogP contribution in [0.2, 0.25) is 0 Å². The first-order valence-electron chi connectivity index (χ1n) is 10.9. The summed E-state index contributed by atoms with van der Waals surface area (Å²) in [6, 6.07) is 17.4. The first-order chi connectivity index (χ1) is 14.7. The van der Waals surface area contributed by atoms with Gasteiger partial charge in [-0.3, -0.25) is 4.79 Å². The molecule has 0 spiro atoms. The normalized spacial score (nSPS) is 14.9. The van der Waals surface area contributed by atoms with Gasteiger partial charge in [0.15, 0.2) is 0 Å². The van der Waals surface area contributed by atoms with Crippen LogP contribution >= 0.6 is 0 Å². The third kappa shape index (κ3) is 6.48. The van der Waals surface area contributed by atoms with Crippen LogP contribution in [0.15, 0.2) is 54.6 Å². The second-order valence-electron chi connectivity index (χ2n) is 9.14. The lowest BCUT2D eigenvalue weighted by Crippen LogP contribution is -2.42. The molecule has 2 aromatic carbocycles. The molecule has 2 amide bonds. The van der Waals surface area contributed by atoms with Crippen LogP contribution in [0.3, 0.4) is 0 Å². The molecule has 1 aliphatic heterocycles. The highest BCUT2D eigenvalue weighted by atomic mass is 16.6. The topological polar surface area (TPSA) is 75.9 Å². The minimum Gasteiger partial charge on any atom is -0.444 e. The number of nitrogen functional groups attached to an aromatic ring is 1. The Hall–Kier alpha value is -3.02. The highest BCUT2D eigenvalue weighted by Gasteiger charge is 2.29. The van der Waals surface area contributed by atoms with Crippen LogP contribution in [0.1, 0.15) is 45.6 Å². The van der Waals surface area contributed by atoms with Gasteiger partial charge in [0.05, 0.1) is 17.9 Å². The molecule has 6 heteroatoms. The number of benzene rings is 2. The van der Waals surface area contributed by atoms with Gasteiger partial charge in [0, 0.05) is 19.5 Å². The molecule has 1 saturated heterocycles. The van der Waals surface area contributed by atoms with Crippen LogP contribution in [0, 0.1) is 5.92 Å². The molecule has 2 N–H and O–H groups in total. The fourth-order valence-corrected chi connectivity index (χ4v) is 3.81. The summed E-state index contributed by atoms with van der Waals surface area (Å²) >= 11 is 0. The van der Waals surface area contributed by atoms with Crippen molar-refractivity contribution in [2.24, 2.45) is 5.92 Å². The van der Waals surface area contributed by atoms with Gasteiger partial charge >= 0.3 is 6.09 Å². The van der Waals surface area contributed by atoms with Gasteiger partial charge in [0.1, 0.15) is 5.60 Å². The third-order valence-corrected chi connectivity index (χ3v) is 5.44. The average molecular weight is 424 g/mol. The lowest BCUT2D eigenvalue weighted by molar-refractivity contribution is -0.120. The Balaban J connectivity index is 1.65. The smallest absolute Gasteiger partial charge is 0.410 e. The number of carbonyl (C=O) groups is 2. The van der Waals surface area contributed by atoms with Gasteiger partial charge < -0.3 is 20.3 Å². The van der Waals surface area contributed by atoms with Crippen LogP contribution in [0.5, 0.6) is 0 Å². The van der Waals surface area contributed by atoms with E-state index >= 15 is 0 Å². The highest BCUT2D eigenvalue weighted by molar-refractivity contribution is 5.96. The Morgan fingerprint density at radius 2 is 1.65 bits per heavy atom. The van der Waals surface area contributed by atoms with Crippen molar-refractivity contribution in [3.05, 3.63) is 60.2 Å². The molecule has 1 fully saturated rings. The van der Waals surface area contributed by atoms with E-state index in [0.717, 1.165) is 24.1 Å². The SMILES string of the molecule is CC(C)(C)OC(=O)N1CCC(CC(=O)N(Cc2ccccc2)c2ccccc2N)CC1. The summed E-state index contributed by atoms with van der Waals surface area (Å²) in [6.07, 6.45) is 1.73. The molecular weight excluding hydrogens is 390 g/mol. The summed E-state index contributed by atoms with van der Waals surface area (Å²) in [4.78, 5) is 29.1. The van der Waals surface area contributed by atoms with Crippen molar-refractivity contribution in [2.75, 3.05) is 23.7 Å². The molecule has 1 aliphatic rings. The summed E-state index contributed by atoms with van der Waals surface area (Å²) in [5.74, 6) is 0.284. The van der Waals surface area contributed by atoms with Crippen molar-refractivity contribution in [1.82, 2.24) is 4.90 Å². The Morgan fingerprint density at radius 1 is 1.03 bits per heavy atom. The van der Waals surface area contributed by atoms with Crippen molar-refractivity contribution in [2.45, 2.75) is 52.2 Å². The van der Waals surface area contributed by atoms with E-state index in [9.17, 15) is 9.59 Å². The summed E-state index contributed by atoms with van der Waals surface area (Å²) in [5.41, 5.74) is 8.08. The van der Waals surface area contributed by atoms with Crippen molar-refractivity contribution in [3.8, 4) is 0 Å². The second-order valence-corrected chi connectivity index (χ2v) is 9.14. The summed E-state index contributed by atoms with van der Waals surface area (Å²) in [6.45, 7) is 7.30. The van der Waals surface area contributed by atoms with Crippen LogP contribution in [0.25, 0.3) is 0 Å². The molecule has 0 atom stereocenters. The number of piperidine rings is 1. The average Bonchev–Trinajstić information content (AvgIpc) is 2.72. The van der Waals surface area contributed by atoms with Crippen LogP contribution in [-0.2, 0) is 16.1 Å². The van der Waals surface area contributed by atoms with Gasteiger partial charge in [-0.05, 0) is 57.2 Å². The molecule has 0 aliphatic carbocycles. The number of hydrogen-bond donors (Lipinski definition) is 1. The molecule has 3 rings (SSSR count). The number of nitrogens with two attached hydrogens (primary N) is 1. The number of carbonyl (C=O) groups excluding carboxylic acids is 2. The zero-order chi connectivity index (χ0) is 22.4. The minimum atomic E-state index is -0.503. The van der Waals surface area contributed by atoms with Gasteiger partial charge in [-0.25, -0.2) is 4.79 Å². The fraction of sp³-hybridized carbons (Fsp3) is 0.440. The number of likely N-dealkylation sites (tertiary alicyclic amines) is 1. The van der Waals surface area contributed by atoms with Gasteiger partial charge in [0.25, 0.3) is 0 Å². The third-order valence-electron chi connectivity index (χ3n) is 5.44. The van der Waals surface area contributed by atoms with Gasteiger partial charge in [-0.1, -0.05) is 42.5 Å². The Morgan fingerprint density at radius 3 is 2.26 bits per heavy atom. The molecule has 0 saturated carbocycles. The molecular formula is C25H33N3O3. The van der Waals surface area contributed by atoms with E-state index in [1.165, 1.54) is 0 Å². The summed E-state index contributed by atoms with van der Waals surface area (Å²) in [5, 5.41) is 0. The Bertz CT molecular complexity index is 884. The maximum Gasteiger partial charge on any atom is 0.410 e. The van der Waals surface area contributed by atoms with E-state index in [1.807, 2.05) is 75.4 Å². The van der Waals surface area contributed by atoms with E-state index < -0.39 is 5.60 Å². The molecule has 0 bridgehead atoms. The first kappa shape index (κ1) is 22.7.